The maximum atomic E-state index is 5.84. The summed E-state index contributed by atoms with van der Waals surface area (Å²) in [5, 5.41) is 1.02. The molecule has 3 aromatic rings. The van der Waals surface area contributed by atoms with Crippen molar-refractivity contribution in [3.05, 3.63) is 53.4 Å². The van der Waals surface area contributed by atoms with Crippen LogP contribution < -0.4 is 10.5 Å². The van der Waals surface area contributed by atoms with E-state index in [0.717, 1.165) is 10.9 Å². The minimum atomic E-state index is 0.475. The second-order valence-electron chi connectivity index (χ2n) is 4.01. The standard InChI is InChI=1S/C14H10BrN3O/c15-11-7-17-8-12(16)14(11)19-10-5-9-3-1-2-4-13(9)18-6-10/h1-8H,16H2. The van der Waals surface area contributed by atoms with Crippen LogP contribution in [0.3, 0.4) is 0 Å². The molecule has 0 aliphatic rings. The summed E-state index contributed by atoms with van der Waals surface area (Å²) < 4.78 is 6.48. The molecule has 0 atom stereocenters. The first kappa shape index (κ1) is 11.9. The average molecular weight is 316 g/mol. The van der Waals surface area contributed by atoms with Gasteiger partial charge in [-0.25, -0.2) is 0 Å². The lowest BCUT2D eigenvalue weighted by Gasteiger charge is -2.10. The lowest BCUT2D eigenvalue weighted by molar-refractivity contribution is 0.480. The smallest absolute Gasteiger partial charge is 0.167 e. The fourth-order valence-electron chi connectivity index (χ4n) is 1.77. The van der Waals surface area contributed by atoms with Crippen molar-refractivity contribution in [2.45, 2.75) is 0 Å². The summed E-state index contributed by atoms with van der Waals surface area (Å²) in [6.45, 7) is 0. The van der Waals surface area contributed by atoms with Gasteiger partial charge in [-0.3, -0.25) is 9.97 Å². The molecular weight excluding hydrogens is 306 g/mol. The highest BCUT2D eigenvalue weighted by Gasteiger charge is 2.08. The third kappa shape index (κ3) is 2.37. The van der Waals surface area contributed by atoms with Gasteiger partial charge in [0.25, 0.3) is 0 Å². The zero-order valence-corrected chi connectivity index (χ0v) is 11.5. The lowest BCUT2D eigenvalue weighted by Crippen LogP contribution is -1.94. The summed E-state index contributed by atoms with van der Waals surface area (Å²) in [4.78, 5) is 8.31. The predicted octanol–water partition coefficient (Wildman–Crippen LogP) is 3.77. The van der Waals surface area contributed by atoms with E-state index in [4.69, 9.17) is 10.5 Å². The summed E-state index contributed by atoms with van der Waals surface area (Å²) in [5.74, 6) is 1.18. The molecule has 3 rings (SSSR count). The zero-order valence-electron chi connectivity index (χ0n) is 9.88. The Hall–Kier alpha value is -2.14. The molecule has 0 amide bonds. The number of nitrogen functional groups attached to an aromatic ring is 1. The van der Waals surface area contributed by atoms with E-state index >= 15 is 0 Å². The Morgan fingerprint density at radius 1 is 1.11 bits per heavy atom. The van der Waals surface area contributed by atoms with Gasteiger partial charge >= 0.3 is 0 Å². The molecule has 0 spiro atoms. The number of aromatic nitrogens is 2. The van der Waals surface area contributed by atoms with E-state index in [1.807, 2.05) is 30.3 Å². The normalized spacial score (nSPS) is 10.6. The molecule has 94 valence electrons. The summed E-state index contributed by atoms with van der Waals surface area (Å²) >= 11 is 3.37. The molecule has 2 N–H and O–H groups in total. The molecule has 0 bridgehead atoms. The summed E-state index contributed by atoms with van der Waals surface area (Å²) in [5.41, 5.74) is 7.25. The van der Waals surface area contributed by atoms with E-state index in [9.17, 15) is 0 Å². The van der Waals surface area contributed by atoms with Crippen LogP contribution >= 0.6 is 15.9 Å². The fourth-order valence-corrected chi connectivity index (χ4v) is 2.20. The molecule has 19 heavy (non-hydrogen) atoms. The Balaban J connectivity index is 2.01. The number of anilines is 1. The van der Waals surface area contributed by atoms with Crippen LogP contribution in [0.4, 0.5) is 5.69 Å². The summed E-state index contributed by atoms with van der Waals surface area (Å²) in [6.07, 6.45) is 4.86. The van der Waals surface area contributed by atoms with Gasteiger partial charge in [0, 0.05) is 11.6 Å². The van der Waals surface area contributed by atoms with Crippen molar-refractivity contribution in [2.24, 2.45) is 0 Å². The molecule has 0 saturated heterocycles. The molecule has 0 radical (unpaired) electrons. The highest BCUT2D eigenvalue weighted by atomic mass is 79.9. The zero-order chi connectivity index (χ0) is 13.2. The minimum absolute atomic E-state index is 0.475. The molecule has 4 nitrogen and oxygen atoms in total. The fraction of sp³-hybridized carbons (Fsp3) is 0. The number of nitrogens with two attached hydrogens (primary N) is 1. The van der Waals surface area contributed by atoms with Crippen LogP contribution in [0.5, 0.6) is 11.5 Å². The van der Waals surface area contributed by atoms with Crippen LogP contribution in [-0.4, -0.2) is 9.97 Å². The molecule has 1 aromatic carbocycles. The van der Waals surface area contributed by atoms with Gasteiger partial charge in [0.2, 0.25) is 0 Å². The summed E-state index contributed by atoms with van der Waals surface area (Å²) in [6, 6.07) is 9.78. The minimum Gasteiger partial charge on any atom is -0.452 e. The van der Waals surface area contributed by atoms with Gasteiger partial charge in [-0.15, -0.1) is 0 Å². The number of para-hydroxylation sites is 1. The monoisotopic (exact) mass is 315 g/mol. The van der Waals surface area contributed by atoms with Gasteiger partial charge < -0.3 is 10.5 Å². The number of halogens is 1. The van der Waals surface area contributed by atoms with E-state index in [1.165, 1.54) is 0 Å². The molecular formula is C14H10BrN3O. The van der Waals surface area contributed by atoms with Gasteiger partial charge in [-0.2, -0.15) is 0 Å². The highest BCUT2D eigenvalue weighted by Crippen LogP contribution is 2.34. The average Bonchev–Trinajstić information content (AvgIpc) is 2.43. The van der Waals surface area contributed by atoms with Crippen molar-refractivity contribution < 1.29 is 4.74 Å². The predicted molar refractivity (Wildman–Crippen MR) is 78.2 cm³/mol. The van der Waals surface area contributed by atoms with Gasteiger partial charge in [-0.1, -0.05) is 18.2 Å². The number of hydrogen-bond acceptors (Lipinski definition) is 4. The maximum absolute atomic E-state index is 5.84. The Morgan fingerprint density at radius 2 is 1.95 bits per heavy atom. The Bertz CT molecular complexity index is 725. The third-order valence-electron chi connectivity index (χ3n) is 2.67. The highest BCUT2D eigenvalue weighted by molar-refractivity contribution is 9.10. The van der Waals surface area contributed by atoms with Gasteiger partial charge in [-0.05, 0) is 28.1 Å². The first-order valence-corrected chi connectivity index (χ1v) is 6.45. The maximum Gasteiger partial charge on any atom is 0.167 e. The van der Waals surface area contributed by atoms with Gasteiger partial charge in [0.1, 0.15) is 5.75 Å². The molecule has 5 heteroatoms. The van der Waals surface area contributed by atoms with Crippen LogP contribution in [0.2, 0.25) is 0 Å². The quantitative estimate of drug-likeness (QED) is 0.782. The van der Waals surface area contributed by atoms with Crippen molar-refractivity contribution in [2.75, 3.05) is 5.73 Å². The number of pyridine rings is 2. The number of nitrogens with zero attached hydrogens (tertiary/aromatic N) is 2. The van der Waals surface area contributed by atoms with Crippen molar-refractivity contribution in [3.63, 3.8) is 0 Å². The lowest BCUT2D eigenvalue weighted by atomic mass is 10.2. The van der Waals surface area contributed by atoms with Gasteiger partial charge in [0.15, 0.2) is 5.75 Å². The first-order chi connectivity index (χ1) is 9.24. The SMILES string of the molecule is Nc1cncc(Br)c1Oc1cnc2ccccc2c1. The molecule has 0 saturated carbocycles. The number of benzene rings is 1. The molecule has 2 heterocycles. The van der Waals surface area contributed by atoms with E-state index in [0.29, 0.717) is 21.7 Å². The van der Waals surface area contributed by atoms with Crippen molar-refractivity contribution in [1.82, 2.24) is 9.97 Å². The molecule has 0 aliphatic carbocycles. The Labute approximate surface area is 118 Å². The second kappa shape index (κ2) is 4.85. The number of fused-ring (bicyclic) bond motifs is 1. The van der Waals surface area contributed by atoms with E-state index in [-0.39, 0.29) is 0 Å². The van der Waals surface area contributed by atoms with E-state index in [2.05, 4.69) is 25.9 Å². The molecule has 2 aromatic heterocycles. The number of hydrogen-bond donors (Lipinski definition) is 1. The Morgan fingerprint density at radius 3 is 2.79 bits per heavy atom. The third-order valence-corrected chi connectivity index (χ3v) is 3.23. The summed E-state index contributed by atoms with van der Waals surface area (Å²) in [7, 11) is 0. The second-order valence-corrected chi connectivity index (χ2v) is 4.86. The van der Waals surface area contributed by atoms with E-state index < -0.39 is 0 Å². The van der Waals surface area contributed by atoms with Crippen LogP contribution in [0, 0.1) is 0 Å². The number of rotatable bonds is 2. The van der Waals surface area contributed by atoms with Gasteiger partial charge in [0.05, 0.1) is 28.1 Å². The van der Waals surface area contributed by atoms with Crippen LogP contribution in [0.25, 0.3) is 10.9 Å². The van der Waals surface area contributed by atoms with Crippen molar-refractivity contribution >= 4 is 32.5 Å². The number of ether oxygens (including phenoxy) is 1. The van der Waals surface area contributed by atoms with Crippen LogP contribution in [0.15, 0.2) is 53.4 Å². The Kier molecular flexibility index (Phi) is 3.05. The molecule has 0 aliphatic heterocycles. The van der Waals surface area contributed by atoms with Crippen molar-refractivity contribution in [3.8, 4) is 11.5 Å². The van der Waals surface area contributed by atoms with E-state index in [1.54, 1.807) is 18.6 Å². The molecule has 0 fully saturated rings. The van der Waals surface area contributed by atoms with Crippen LogP contribution in [0.1, 0.15) is 0 Å². The van der Waals surface area contributed by atoms with Crippen LogP contribution in [-0.2, 0) is 0 Å². The largest absolute Gasteiger partial charge is 0.452 e. The first-order valence-electron chi connectivity index (χ1n) is 5.65. The topological polar surface area (TPSA) is 61.0 Å². The molecule has 0 unspecified atom stereocenters. The van der Waals surface area contributed by atoms with Crippen molar-refractivity contribution in [1.29, 1.82) is 0 Å².